The number of carbonyl (C=O) groups is 1. The SMILES string of the molecule is CNc1ccc([C@H]2C[C@@]3(C)[C@@H](CC[C@@]3(O)C#CCl)[C@@H]3CCC4=CC(=O)CCC4=C32)cc1. The summed E-state index contributed by atoms with van der Waals surface area (Å²) in [6.07, 6.45) is 7.90. The molecule has 2 saturated carbocycles. The van der Waals surface area contributed by atoms with Gasteiger partial charge in [-0.1, -0.05) is 30.6 Å². The first kappa shape index (κ1) is 20.9. The monoisotopic (exact) mass is 435 g/mol. The molecule has 0 aliphatic heterocycles. The van der Waals surface area contributed by atoms with Crippen molar-refractivity contribution in [3.8, 4) is 11.3 Å². The minimum Gasteiger partial charge on any atom is -0.388 e. The van der Waals surface area contributed by atoms with E-state index in [4.69, 9.17) is 11.6 Å². The van der Waals surface area contributed by atoms with Crippen LogP contribution in [-0.4, -0.2) is 23.5 Å². The molecule has 4 aliphatic rings. The molecule has 3 nitrogen and oxygen atoms in total. The summed E-state index contributed by atoms with van der Waals surface area (Å²) in [6.45, 7) is 2.23. The molecule has 1 aromatic carbocycles. The van der Waals surface area contributed by atoms with E-state index in [0.29, 0.717) is 24.7 Å². The van der Waals surface area contributed by atoms with Gasteiger partial charge >= 0.3 is 0 Å². The Bertz CT molecular complexity index is 1040. The fourth-order valence-corrected chi connectivity index (χ4v) is 7.29. The Labute approximate surface area is 190 Å². The third kappa shape index (κ3) is 3.11. The second kappa shape index (κ2) is 7.54. The molecule has 31 heavy (non-hydrogen) atoms. The van der Waals surface area contributed by atoms with Crippen LogP contribution < -0.4 is 5.32 Å². The minimum atomic E-state index is -1.04. The van der Waals surface area contributed by atoms with Crippen LogP contribution in [0.4, 0.5) is 5.69 Å². The smallest absolute Gasteiger partial charge is 0.156 e. The maximum Gasteiger partial charge on any atom is 0.156 e. The lowest BCUT2D eigenvalue weighted by molar-refractivity contribution is -0.114. The Morgan fingerprint density at radius 2 is 1.94 bits per heavy atom. The predicted molar refractivity (Wildman–Crippen MR) is 125 cm³/mol. The number of benzene rings is 1. The van der Waals surface area contributed by atoms with E-state index in [9.17, 15) is 9.90 Å². The van der Waals surface area contributed by atoms with Crippen LogP contribution in [0.2, 0.25) is 0 Å². The van der Waals surface area contributed by atoms with Crippen LogP contribution in [-0.2, 0) is 4.79 Å². The van der Waals surface area contributed by atoms with Crippen molar-refractivity contribution in [1.82, 2.24) is 0 Å². The van der Waals surface area contributed by atoms with Gasteiger partial charge in [0.25, 0.3) is 0 Å². The Balaban J connectivity index is 1.68. The number of fused-ring (bicyclic) bond motifs is 4. The number of hydrogen-bond donors (Lipinski definition) is 2. The van der Waals surface area contributed by atoms with Gasteiger partial charge in [-0.15, -0.1) is 0 Å². The molecule has 0 heterocycles. The van der Waals surface area contributed by atoms with Crippen molar-refractivity contribution >= 4 is 23.1 Å². The van der Waals surface area contributed by atoms with Crippen molar-refractivity contribution in [1.29, 1.82) is 0 Å². The lowest BCUT2D eigenvalue weighted by atomic mass is 9.51. The molecule has 0 spiro atoms. The minimum absolute atomic E-state index is 0.228. The molecule has 2 fully saturated rings. The van der Waals surface area contributed by atoms with Crippen LogP contribution in [0.3, 0.4) is 0 Å². The lowest BCUT2D eigenvalue weighted by Crippen LogP contribution is -2.51. The summed E-state index contributed by atoms with van der Waals surface area (Å²) in [6, 6.07) is 8.71. The molecule has 1 aromatic rings. The van der Waals surface area contributed by atoms with Crippen LogP contribution in [0.25, 0.3) is 0 Å². The lowest BCUT2D eigenvalue weighted by Gasteiger charge is -2.53. The zero-order valence-corrected chi connectivity index (χ0v) is 19.1. The van der Waals surface area contributed by atoms with Crippen molar-refractivity contribution in [2.45, 2.75) is 63.4 Å². The number of rotatable bonds is 2. The molecule has 0 bridgehead atoms. The van der Waals surface area contributed by atoms with E-state index in [1.54, 1.807) is 0 Å². The fourth-order valence-electron chi connectivity index (χ4n) is 7.13. The summed E-state index contributed by atoms with van der Waals surface area (Å²) < 4.78 is 0. The number of allylic oxidation sites excluding steroid dienone is 4. The largest absolute Gasteiger partial charge is 0.388 e. The molecular weight excluding hydrogens is 406 g/mol. The summed E-state index contributed by atoms with van der Waals surface area (Å²) >= 11 is 5.82. The maximum absolute atomic E-state index is 12.1. The molecule has 0 saturated heterocycles. The Morgan fingerprint density at radius 3 is 2.65 bits per heavy atom. The van der Waals surface area contributed by atoms with E-state index in [1.165, 1.54) is 22.3 Å². The molecule has 0 aromatic heterocycles. The molecule has 0 radical (unpaired) electrons. The van der Waals surface area contributed by atoms with Gasteiger partial charge in [-0.2, -0.15) is 0 Å². The maximum atomic E-state index is 12.1. The summed E-state index contributed by atoms with van der Waals surface area (Å²) in [5.74, 6) is 4.31. The third-order valence-electron chi connectivity index (χ3n) is 8.74. The third-order valence-corrected chi connectivity index (χ3v) is 8.84. The molecule has 5 rings (SSSR count). The number of halogens is 1. The Hall–Kier alpha value is -2.02. The van der Waals surface area contributed by atoms with E-state index in [2.05, 4.69) is 47.8 Å². The van der Waals surface area contributed by atoms with Gasteiger partial charge in [-0.05, 0) is 96.9 Å². The summed E-state index contributed by atoms with van der Waals surface area (Å²) in [5, 5.41) is 17.3. The molecule has 2 N–H and O–H groups in total. The van der Waals surface area contributed by atoms with Gasteiger partial charge in [-0.3, -0.25) is 4.79 Å². The first-order valence-corrected chi connectivity index (χ1v) is 11.9. The molecule has 4 heteroatoms. The normalized spacial score (nSPS) is 36.6. The van der Waals surface area contributed by atoms with Crippen molar-refractivity contribution < 1.29 is 9.90 Å². The number of anilines is 1. The Kier molecular flexibility index (Phi) is 5.07. The number of carbonyl (C=O) groups excluding carboxylic acids is 1. The van der Waals surface area contributed by atoms with Crippen molar-refractivity contribution in [2.75, 3.05) is 12.4 Å². The van der Waals surface area contributed by atoms with Crippen LogP contribution in [0.5, 0.6) is 0 Å². The van der Waals surface area contributed by atoms with Crippen LogP contribution >= 0.6 is 11.6 Å². The van der Waals surface area contributed by atoms with E-state index in [1.807, 2.05) is 13.1 Å². The van der Waals surface area contributed by atoms with Gasteiger partial charge in [0.15, 0.2) is 5.78 Å². The second-order valence-electron chi connectivity index (χ2n) is 9.99. The molecular formula is C27H30ClNO2. The molecule has 4 aliphatic carbocycles. The summed E-state index contributed by atoms with van der Waals surface area (Å²) in [5.41, 5.74) is 5.26. The topological polar surface area (TPSA) is 49.3 Å². The van der Waals surface area contributed by atoms with Gasteiger partial charge in [0.05, 0.1) is 0 Å². The summed E-state index contributed by atoms with van der Waals surface area (Å²) in [4.78, 5) is 12.1. The van der Waals surface area contributed by atoms with Crippen LogP contribution in [0.15, 0.2) is 47.1 Å². The highest BCUT2D eigenvalue weighted by atomic mass is 35.5. The van der Waals surface area contributed by atoms with Crippen molar-refractivity contribution in [3.63, 3.8) is 0 Å². The summed E-state index contributed by atoms with van der Waals surface area (Å²) in [7, 11) is 1.93. The second-order valence-corrected chi connectivity index (χ2v) is 10.2. The zero-order chi connectivity index (χ0) is 21.8. The van der Waals surface area contributed by atoms with Crippen LogP contribution in [0.1, 0.15) is 63.4 Å². The van der Waals surface area contributed by atoms with Crippen LogP contribution in [0, 0.1) is 28.6 Å². The van der Waals surface area contributed by atoms with E-state index >= 15 is 0 Å². The van der Waals surface area contributed by atoms with Gasteiger partial charge in [-0.25, -0.2) is 0 Å². The molecule has 5 atom stereocenters. The van der Waals surface area contributed by atoms with Gasteiger partial charge in [0.1, 0.15) is 5.60 Å². The van der Waals surface area contributed by atoms with Gasteiger partial charge < -0.3 is 10.4 Å². The standard InChI is InChI=1S/C27H30ClNO2/c1-26-16-23(17-3-6-19(29-2)7-4-17)25-21-10-8-20(30)15-18(21)5-9-22(25)24(26)11-12-27(26,31)13-14-28/h3-4,6-7,15,22-24,29,31H,5,8-12,16H2,1-2H3/t22-,23+,24-,26-,27+/m0/s1. The molecule has 162 valence electrons. The fraction of sp³-hybridized carbons (Fsp3) is 0.519. The number of ketones is 1. The van der Waals surface area contributed by atoms with E-state index < -0.39 is 5.60 Å². The quantitative estimate of drug-likeness (QED) is 0.598. The predicted octanol–water partition coefficient (Wildman–Crippen LogP) is 5.56. The molecule has 0 amide bonds. The highest BCUT2D eigenvalue weighted by Crippen LogP contribution is 2.66. The van der Waals surface area contributed by atoms with E-state index in [-0.39, 0.29) is 17.1 Å². The number of aliphatic hydroxyl groups is 1. The average Bonchev–Trinajstić information content (AvgIpc) is 3.03. The zero-order valence-electron chi connectivity index (χ0n) is 18.3. The molecule has 0 unspecified atom stereocenters. The van der Waals surface area contributed by atoms with E-state index in [0.717, 1.165) is 37.8 Å². The van der Waals surface area contributed by atoms with Gasteiger partial charge in [0.2, 0.25) is 0 Å². The highest BCUT2D eigenvalue weighted by molar-refractivity contribution is 6.30. The average molecular weight is 436 g/mol. The first-order chi connectivity index (χ1) is 14.9. The van der Waals surface area contributed by atoms with Gasteiger partial charge in [0, 0.05) is 35.9 Å². The number of hydrogen-bond acceptors (Lipinski definition) is 3. The Morgan fingerprint density at radius 1 is 1.16 bits per heavy atom. The highest BCUT2D eigenvalue weighted by Gasteiger charge is 2.62. The number of nitrogens with one attached hydrogen (secondary N) is 1. The van der Waals surface area contributed by atoms with Crippen molar-refractivity contribution in [3.05, 3.63) is 52.6 Å². The first-order valence-electron chi connectivity index (χ1n) is 11.5. The van der Waals surface area contributed by atoms with Crippen molar-refractivity contribution in [2.24, 2.45) is 17.3 Å².